The summed E-state index contributed by atoms with van der Waals surface area (Å²) in [6.07, 6.45) is 0. The fourth-order valence-corrected chi connectivity index (χ4v) is 3.03. The topological polar surface area (TPSA) is 72.4 Å². The van der Waals surface area contributed by atoms with Crippen LogP contribution in [0.3, 0.4) is 0 Å². The summed E-state index contributed by atoms with van der Waals surface area (Å²) in [4.78, 5) is 12.8. The molecule has 0 atom stereocenters. The maximum Gasteiger partial charge on any atom is 0.269 e. The summed E-state index contributed by atoms with van der Waals surface area (Å²) < 4.78 is 0. The quantitative estimate of drug-likeness (QED) is 0.481. The maximum absolute atomic E-state index is 10.9. The molecule has 0 amide bonds. The van der Waals surface area contributed by atoms with Crippen LogP contribution in [0.2, 0.25) is 0 Å². The van der Waals surface area contributed by atoms with Crippen molar-refractivity contribution in [2.24, 2.45) is 5.73 Å². The van der Waals surface area contributed by atoms with E-state index in [4.69, 9.17) is 5.73 Å². The summed E-state index contributed by atoms with van der Waals surface area (Å²) >= 11 is 0. The van der Waals surface area contributed by atoms with Gasteiger partial charge in [-0.1, -0.05) is 66.7 Å². The van der Waals surface area contributed by atoms with Crippen molar-refractivity contribution in [2.75, 3.05) is 0 Å². The van der Waals surface area contributed by atoms with E-state index < -0.39 is 0 Å². The number of hydrogen-bond acceptors (Lipinski definition) is 4. The zero-order valence-electron chi connectivity index (χ0n) is 15.1. The van der Waals surface area contributed by atoms with Gasteiger partial charge < -0.3 is 5.73 Å². The molecule has 0 saturated carbocycles. The Bertz CT molecular complexity index is 862. The van der Waals surface area contributed by atoms with Crippen molar-refractivity contribution in [1.29, 1.82) is 0 Å². The Morgan fingerprint density at radius 2 is 1.15 bits per heavy atom. The van der Waals surface area contributed by atoms with Gasteiger partial charge in [0, 0.05) is 38.3 Å². The lowest BCUT2D eigenvalue weighted by molar-refractivity contribution is -0.384. The number of nitro benzene ring substituents is 1. The van der Waals surface area contributed by atoms with Crippen LogP contribution in [0.15, 0.2) is 78.9 Å². The van der Waals surface area contributed by atoms with Crippen LogP contribution in [0.1, 0.15) is 22.3 Å². The highest BCUT2D eigenvalue weighted by Crippen LogP contribution is 2.17. The number of benzene rings is 3. The molecule has 5 nitrogen and oxygen atoms in total. The first kappa shape index (κ1) is 18.8. The van der Waals surface area contributed by atoms with Gasteiger partial charge in [0.05, 0.1) is 4.92 Å². The minimum atomic E-state index is -0.371. The maximum atomic E-state index is 10.9. The average molecular weight is 361 g/mol. The molecule has 3 aromatic carbocycles. The predicted octanol–water partition coefficient (Wildman–Crippen LogP) is 4.26. The van der Waals surface area contributed by atoms with E-state index in [1.54, 1.807) is 12.1 Å². The molecule has 0 unspecified atom stereocenters. The molecule has 3 rings (SSSR count). The number of nitrogens with two attached hydrogens (primary N) is 1. The minimum Gasteiger partial charge on any atom is -0.326 e. The fourth-order valence-electron chi connectivity index (χ4n) is 3.03. The molecule has 0 saturated heterocycles. The molecule has 0 aliphatic heterocycles. The highest BCUT2D eigenvalue weighted by Gasteiger charge is 2.10. The minimum absolute atomic E-state index is 0.116. The summed E-state index contributed by atoms with van der Waals surface area (Å²) in [6.45, 7) is 2.84. The Kier molecular flexibility index (Phi) is 6.30. The first-order valence-electron chi connectivity index (χ1n) is 8.91. The number of nitrogens with zero attached hydrogens (tertiary/aromatic N) is 2. The van der Waals surface area contributed by atoms with Crippen molar-refractivity contribution in [3.05, 3.63) is 111 Å². The molecule has 0 aromatic heterocycles. The third-order valence-corrected chi connectivity index (χ3v) is 4.47. The zero-order chi connectivity index (χ0) is 19.1. The highest BCUT2D eigenvalue weighted by atomic mass is 16.6. The van der Waals surface area contributed by atoms with Crippen molar-refractivity contribution >= 4 is 5.69 Å². The average Bonchev–Trinajstić information content (AvgIpc) is 2.70. The van der Waals surface area contributed by atoms with Crippen LogP contribution in [0, 0.1) is 10.1 Å². The van der Waals surface area contributed by atoms with Crippen LogP contribution in [-0.4, -0.2) is 9.82 Å². The van der Waals surface area contributed by atoms with Crippen LogP contribution < -0.4 is 5.73 Å². The molecule has 0 fully saturated rings. The van der Waals surface area contributed by atoms with Gasteiger partial charge in [0.15, 0.2) is 0 Å². The Morgan fingerprint density at radius 3 is 1.63 bits per heavy atom. The lowest BCUT2D eigenvalue weighted by Crippen LogP contribution is -2.22. The van der Waals surface area contributed by atoms with E-state index >= 15 is 0 Å². The third-order valence-electron chi connectivity index (χ3n) is 4.47. The van der Waals surface area contributed by atoms with Gasteiger partial charge in [-0.05, 0) is 22.3 Å². The van der Waals surface area contributed by atoms with Crippen molar-refractivity contribution in [1.82, 2.24) is 4.90 Å². The van der Waals surface area contributed by atoms with Gasteiger partial charge in [-0.25, -0.2) is 0 Å². The first-order chi connectivity index (χ1) is 13.1. The standard InChI is InChI=1S/C22H23N3O2/c23-14-18-6-8-20(9-7-18)16-24(15-19-4-2-1-3-5-19)17-21-10-12-22(13-11-21)25(26)27/h1-13H,14-17,23H2. The molecular weight excluding hydrogens is 338 g/mol. The van der Waals surface area contributed by atoms with E-state index in [-0.39, 0.29) is 10.6 Å². The third kappa shape index (κ3) is 5.48. The second kappa shape index (κ2) is 9.07. The van der Waals surface area contributed by atoms with Crippen molar-refractivity contribution in [2.45, 2.75) is 26.2 Å². The predicted molar refractivity (Wildman–Crippen MR) is 107 cm³/mol. The summed E-state index contributed by atoms with van der Waals surface area (Å²) in [5.74, 6) is 0. The van der Waals surface area contributed by atoms with E-state index in [2.05, 4.69) is 41.3 Å². The summed E-state index contributed by atoms with van der Waals surface area (Å²) in [7, 11) is 0. The number of hydrogen-bond donors (Lipinski definition) is 1. The van der Waals surface area contributed by atoms with Crippen LogP contribution in [0.4, 0.5) is 5.69 Å². The normalized spacial score (nSPS) is 10.9. The summed E-state index contributed by atoms with van der Waals surface area (Å²) in [5.41, 5.74) is 10.4. The van der Waals surface area contributed by atoms with Gasteiger partial charge >= 0.3 is 0 Å². The van der Waals surface area contributed by atoms with Gasteiger partial charge in [0.2, 0.25) is 0 Å². The molecule has 2 N–H and O–H groups in total. The largest absolute Gasteiger partial charge is 0.326 e. The summed E-state index contributed by atoms with van der Waals surface area (Å²) in [5, 5.41) is 10.9. The van der Waals surface area contributed by atoms with Crippen LogP contribution >= 0.6 is 0 Å². The number of non-ortho nitro benzene ring substituents is 1. The second-order valence-electron chi connectivity index (χ2n) is 6.57. The van der Waals surface area contributed by atoms with E-state index in [1.807, 2.05) is 30.3 Å². The van der Waals surface area contributed by atoms with E-state index in [0.29, 0.717) is 13.1 Å². The second-order valence-corrected chi connectivity index (χ2v) is 6.57. The first-order valence-corrected chi connectivity index (χ1v) is 8.91. The lowest BCUT2D eigenvalue weighted by atomic mass is 10.1. The van der Waals surface area contributed by atoms with Gasteiger partial charge in [-0.2, -0.15) is 0 Å². The zero-order valence-corrected chi connectivity index (χ0v) is 15.1. The molecule has 3 aromatic rings. The fraction of sp³-hybridized carbons (Fsp3) is 0.182. The monoisotopic (exact) mass is 361 g/mol. The molecule has 0 aliphatic carbocycles. The van der Waals surface area contributed by atoms with E-state index in [9.17, 15) is 10.1 Å². The molecule has 0 spiro atoms. The van der Waals surface area contributed by atoms with Gasteiger partial charge in [-0.3, -0.25) is 15.0 Å². The van der Waals surface area contributed by atoms with Crippen LogP contribution in [0.5, 0.6) is 0 Å². The molecule has 27 heavy (non-hydrogen) atoms. The van der Waals surface area contributed by atoms with Crippen LogP contribution in [0.25, 0.3) is 0 Å². The highest BCUT2D eigenvalue weighted by molar-refractivity contribution is 5.33. The Balaban J connectivity index is 1.76. The van der Waals surface area contributed by atoms with Crippen LogP contribution in [-0.2, 0) is 26.2 Å². The van der Waals surface area contributed by atoms with Gasteiger partial charge in [0.1, 0.15) is 0 Å². The number of rotatable bonds is 8. The van der Waals surface area contributed by atoms with E-state index in [0.717, 1.165) is 24.2 Å². The Hall–Kier alpha value is -3.02. The molecule has 0 heterocycles. The van der Waals surface area contributed by atoms with Crippen molar-refractivity contribution in [3.63, 3.8) is 0 Å². The molecule has 0 radical (unpaired) electrons. The van der Waals surface area contributed by atoms with E-state index in [1.165, 1.54) is 11.1 Å². The van der Waals surface area contributed by atoms with Crippen molar-refractivity contribution < 1.29 is 4.92 Å². The van der Waals surface area contributed by atoms with Gasteiger partial charge in [0.25, 0.3) is 5.69 Å². The van der Waals surface area contributed by atoms with Gasteiger partial charge in [-0.15, -0.1) is 0 Å². The molecule has 0 bridgehead atoms. The molecule has 5 heteroatoms. The Morgan fingerprint density at radius 1 is 0.704 bits per heavy atom. The SMILES string of the molecule is NCc1ccc(CN(Cc2ccccc2)Cc2ccc([N+](=O)[O-])cc2)cc1. The van der Waals surface area contributed by atoms with Crippen molar-refractivity contribution in [3.8, 4) is 0 Å². The summed E-state index contributed by atoms with van der Waals surface area (Å²) in [6, 6.07) is 25.4. The molecule has 0 aliphatic rings. The number of nitro groups is 1. The molecule has 138 valence electrons. The lowest BCUT2D eigenvalue weighted by Gasteiger charge is -2.23. The smallest absolute Gasteiger partial charge is 0.269 e. The Labute approximate surface area is 159 Å². The molecular formula is C22H23N3O2.